The third kappa shape index (κ3) is 4.66. The summed E-state index contributed by atoms with van der Waals surface area (Å²) in [6, 6.07) is 0. The Morgan fingerprint density at radius 2 is 1.45 bits per heavy atom. The van der Waals surface area contributed by atoms with Crippen LogP contribution < -0.4 is 10.1 Å². The number of carbonyl (C=O) groups excluding carboxylic acids is 1. The van der Waals surface area contributed by atoms with Gasteiger partial charge in [0.15, 0.2) is 0 Å². The van der Waals surface area contributed by atoms with Crippen LogP contribution in [0.5, 0.6) is 5.75 Å². The van der Waals surface area contributed by atoms with Gasteiger partial charge in [-0.3, -0.25) is 4.79 Å². The van der Waals surface area contributed by atoms with Crippen molar-refractivity contribution in [2.24, 2.45) is 0 Å². The van der Waals surface area contributed by atoms with Crippen LogP contribution in [0.1, 0.15) is 32.6 Å². The minimum atomic E-state index is -2.29. The molecule has 124 valence electrons. The molecule has 0 amide bonds. The lowest BCUT2D eigenvalue weighted by Gasteiger charge is -2.08. The van der Waals surface area contributed by atoms with Crippen LogP contribution in [0.4, 0.5) is 22.0 Å². The van der Waals surface area contributed by atoms with E-state index in [1.807, 2.05) is 6.92 Å². The SMILES string of the molecule is CCNCCCCCC(=O)Oc1c(F)c(F)c(F)c(F)c1F. The van der Waals surface area contributed by atoms with Gasteiger partial charge in [0.2, 0.25) is 34.8 Å². The largest absolute Gasteiger partial charge is 0.420 e. The van der Waals surface area contributed by atoms with Gasteiger partial charge in [-0.05, 0) is 25.9 Å². The predicted molar refractivity (Wildman–Crippen MR) is 68.9 cm³/mol. The molecule has 0 atom stereocenters. The van der Waals surface area contributed by atoms with Gasteiger partial charge >= 0.3 is 5.97 Å². The van der Waals surface area contributed by atoms with Crippen LogP contribution in [-0.4, -0.2) is 19.1 Å². The summed E-state index contributed by atoms with van der Waals surface area (Å²) in [4.78, 5) is 11.4. The van der Waals surface area contributed by atoms with E-state index in [-0.39, 0.29) is 6.42 Å². The third-order valence-electron chi connectivity index (χ3n) is 2.87. The van der Waals surface area contributed by atoms with Gasteiger partial charge in [-0.25, -0.2) is 13.2 Å². The quantitative estimate of drug-likeness (QED) is 0.199. The minimum Gasteiger partial charge on any atom is -0.420 e. The van der Waals surface area contributed by atoms with Gasteiger partial charge in [-0.2, -0.15) is 8.78 Å². The number of carbonyl (C=O) groups is 1. The molecule has 1 aromatic carbocycles. The lowest BCUT2D eigenvalue weighted by Crippen LogP contribution is -2.15. The Balaban J connectivity index is 2.58. The molecular weight excluding hydrogens is 309 g/mol. The van der Waals surface area contributed by atoms with E-state index in [9.17, 15) is 26.7 Å². The van der Waals surface area contributed by atoms with Crippen molar-refractivity contribution in [3.05, 3.63) is 29.1 Å². The summed E-state index contributed by atoms with van der Waals surface area (Å²) < 4.78 is 69.5. The highest BCUT2D eigenvalue weighted by Gasteiger charge is 2.28. The minimum absolute atomic E-state index is 0.175. The van der Waals surface area contributed by atoms with Crippen molar-refractivity contribution in [3.8, 4) is 5.75 Å². The molecule has 22 heavy (non-hydrogen) atoms. The van der Waals surface area contributed by atoms with E-state index in [2.05, 4.69) is 10.1 Å². The maximum atomic E-state index is 13.3. The average molecular weight is 325 g/mol. The van der Waals surface area contributed by atoms with E-state index < -0.39 is 40.8 Å². The van der Waals surface area contributed by atoms with Crippen molar-refractivity contribution in [1.29, 1.82) is 0 Å². The van der Waals surface area contributed by atoms with Crippen molar-refractivity contribution in [3.63, 3.8) is 0 Å². The van der Waals surface area contributed by atoms with Gasteiger partial charge < -0.3 is 10.1 Å². The number of hydrogen-bond acceptors (Lipinski definition) is 3. The van der Waals surface area contributed by atoms with Crippen molar-refractivity contribution in [2.45, 2.75) is 32.6 Å². The first-order valence-electron chi connectivity index (χ1n) is 6.83. The van der Waals surface area contributed by atoms with E-state index in [1.165, 1.54) is 0 Å². The van der Waals surface area contributed by atoms with E-state index in [0.717, 1.165) is 19.5 Å². The number of benzene rings is 1. The van der Waals surface area contributed by atoms with E-state index in [1.54, 1.807) is 0 Å². The Bertz CT molecular complexity index is 507. The Morgan fingerprint density at radius 3 is 2.00 bits per heavy atom. The Morgan fingerprint density at radius 1 is 0.909 bits per heavy atom. The predicted octanol–water partition coefficient (Wildman–Crippen LogP) is 3.46. The van der Waals surface area contributed by atoms with Gasteiger partial charge in [0.05, 0.1) is 0 Å². The van der Waals surface area contributed by atoms with Gasteiger partial charge in [0, 0.05) is 6.42 Å². The van der Waals surface area contributed by atoms with Crippen molar-refractivity contribution in [1.82, 2.24) is 5.32 Å². The van der Waals surface area contributed by atoms with E-state index in [0.29, 0.717) is 12.8 Å². The summed E-state index contributed by atoms with van der Waals surface area (Å²) in [5.41, 5.74) is 0. The highest BCUT2D eigenvalue weighted by atomic mass is 19.2. The maximum absolute atomic E-state index is 13.3. The Kier molecular flexibility index (Phi) is 7.23. The Hall–Kier alpha value is -1.70. The number of unbranched alkanes of at least 4 members (excludes halogenated alkanes) is 2. The molecule has 0 fully saturated rings. The second-order valence-corrected chi connectivity index (χ2v) is 4.54. The fourth-order valence-electron chi connectivity index (χ4n) is 1.71. The standard InChI is InChI=1S/C14H16F5NO2/c1-2-20-7-5-3-4-6-8(21)22-14-12(18)10(16)9(15)11(17)13(14)19/h20H,2-7H2,1H3. The van der Waals surface area contributed by atoms with E-state index >= 15 is 0 Å². The molecule has 0 saturated carbocycles. The molecule has 0 radical (unpaired) electrons. The van der Waals surface area contributed by atoms with Gasteiger partial charge in [0.1, 0.15) is 0 Å². The zero-order chi connectivity index (χ0) is 16.7. The fraction of sp³-hybridized carbons (Fsp3) is 0.500. The number of hydrogen-bond donors (Lipinski definition) is 1. The molecule has 1 aromatic rings. The summed E-state index contributed by atoms with van der Waals surface area (Å²) in [5.74, 6) is -13.5. The third-order valence-corrected chi connectivity index (χ3v) is 2.87. The van der Waals surface area contributed by atoms with Crippen molar-refractivity contribution >= 4 is 5.97 Å². The molecule has 0 unspecified atom stereocenters. The summed E-state index contributed by atoms with van der Waals surface area (Å²) >= 11 is 0. The van der Waals surface area contributed by atoms with Crippen LogP contribution in [0.25, 0.3) is 0 Å². The fourth-order valence-corrected chi connectivity index (χ4v) is 1.71. The molecule has 0 aromatic heterocycles. The first-order valence-corrected chi connectivity index (χ1v) is 6.83. The molecule has 0 aliphatic carbocycles. The van der Waals surface area contributed by atoms with Crippen molar-refractivity contribution < 1.29 is 31.5 Å². The molecule has 1 N–H and O–H groups in total. The molecule has 0 aliphatic heterocycles. The molecular formula is C14H16F5NO2. The molecule has 3 nitrogen and oxygen atoms in total. The number of halogens is 5. The van der Waals surface area contributed by atoms with Gasteiger partial charge in [-0.1, -0.05) is 13.3 Å². The van der Waals surface area contributed by atoms with Crippen LogP contribution in [0, 0.1) is 29.1 Å². The van der Waals surface area contributed by atoms with E-state index in [4.69, 9.17) is 0 Å². The lowest BCUT2D eigenvalue weighted by molar-refractivity contribution is -0.135. The second kappa shape index (κ2) is 8.67. The van der Waals surface area contributed by atoms with Crippen LogP contribution in [0.2, 0.25) is 0 Å². The number of rotatable bonds is 8. The first kappa shape index (κ1) is 18.3. The van der Waals surface area contributed by atoms with Crippen LogP contribution in [0.3, 0.4) is 0 Å². The first-order chi connectivity index (χ1) is 10.4. The summed E-state index contributed by atoms with van der Waals surface area (Å²) in [7, 11) is 0. The molecule has 1 rings (SSSR count). The smallest absolute Gasteiger partial charge is 0.311 e. The number of ether oxygens (including phenoxy) is 1. The molecule has 0 spiro atoms. The summed E-state index contributed by atoms with van der Waals surface area (Å²) in [6.45, 7) is 3.53. The zero-order valence-electron chi connectivity index (χ0n) is 11.9. The average Bonchev–Trinajstić information content (AvgIpc) is 2.51. The summed E-state index contributed by atoms with van der Waals surface area (Å²) in [5, 5.41) is 3.07. The molecule has 0 heterocycles. The van der Waals surface area contributed by atoms with Crippen LogP contribution in [0.15, 0.2) is 0 Å². The topological polar surface area (TPSA) is 38.3 Å². The monoisotopic (exact) mass is 325 g/mol. The molecule has 0 aliphatic rings. The number of esters is 1. The van der Waals surface area contributed by atoms with Crippen LogP contribution in [-0.2, 0) is 4.79 Å². The lowest BCUT2D eigenvalue weighted by atomic mass is 10.2. The normalized spacial score (nSPS) is 10.8. The van der Waals surface area contributed by atoms with Crippen LogP contribution >= 0.6 is 0 Å². The molecule has 0 bridgehead atoms. The molecule has 0 saturated heterocycles. The zero-order valence-corrected chi connectivity index (χ0v) is 11.9. The molecule has 8 heteroatoms. The maximum Gasteiger partial charge on any atom is 0.311 e. The Labute approximate surface area is 124 Å². The highest BCUT2D eigenvalue weighted by Crippen LogP contribution is 2.29. The summed E-state index contributed by atoms with van der Waals surface area (Å²) in [6.07, 6.45) is 1.67. The second-order valence-electron chi connectivity index (χ2n) is 4.54. The number of nitrogens with one attached hydrogen (secondary N) is 1. The highest BCUT2D eigenvalue weighted by molar-refractivity contribution is 5.72. The van der Waals surface area contributed by atoms with Gasteiger partial charge in [-0.15, -0.1) is 0 Å². The van der Waals surface area contributed by atoms with Gasteiger partial charge in [0.25, 0.3) is 0 Å². The van der Waals surface area contributed by atoms with Crippen molar-refractivity contribution in [2.75, 3.05) is 13.1 Å².